The Bertz CT molecular complexity index is 732. The number of unbranched alkanes of at least 4 members (excludes halogenated alkanes) is 1. The van der Waals surface area contributed by atoms with E-state index in [9.17, 15) is 4.79 Å². The largest absolute Gasteiger partial charge is 0.388 e. The van der Waals surface area contributed by atoms with E-state index in [0.717, 1.165) is 19.3 Å². The molecule has 3 nitrogen and oxygen atoms in total. The van der Waals surface area contributed by atoms with E-state index in [0.29, 0.717) is 17.7 Å². The summed E-state index contributed by atoms with van der Waals surface area (Å²) in [4.78, 5) is 11.0. The Hall–Kier alpha value is -1.87. The van der Waals surface area contributed by atoms with E-state index in [2.05, 4.69) is 86.6 Å². The first-order valence-electron chi connectivity index (χ1n) is 14.4. The Morgan fingerprint density at radius 1 is 1.00 bits per heavy atom. The van der Waals surface area contributed by atoms with E-state index in [1.807, 2.05) is 13.8 Å². The van der Waals surface area contributed by atoms with Crippen LogP contribution >= 0.6 is 0 Å². The summed E-state index contributed by atoms with van der Waals surface area (Å²) in [5.74, 6) is 0.810. The molecule has 3 heteroatoms. The lowest BCUT2D eigenvalue weighted by atomic mass is 9.97. The molecule has 1 aromatic heterocycles. The molecule has 36 heavy (non-hydrogen) atoms. The highest BCUT2D eigenvalue weighted by atomic mass is 16.4. The van der Waals surface area contributed by atoms with Crippen molar-refractivity contribution in [2.24, 2.45) is 5.92 Å². The van der Waals surface area contributed by atoms with Crippen LogP contribution in [0.2, 0.25) is 0 Å². The number of nitrogens with zero attached hydrogens (tertiary/aromatic N) is 1. The third kappa shape index (κ3) is 18.4. The maximum atomic E-state index is 11.0. The smallest absolute Gasteiger partial charge is 0.132 e. The van der Waals surface area contributed by atoms with Crippen LogP contribution in [-0.2, 0) is 22.4 Å². The molecular weight excluding hydrogens is 442 g/mol. The van der Waals surface area contributed by atoms with Gasteiger partial charge in [0.1, 0.15) is 5.78 Å². The topological polar surface area (TPSA) is 31.2 Å². The van der Waals surface area contributed by atoms with Crippen molar-refractivity contribution in [3.05, 3.63) is 59.4 Å². The summed E-state index contributed by atoms with van der Waals surface area (Å²) in [7, 11) is 3.25. The van der Waals surface area contributed by atoms with E-state index >= 15 is 0 Å². The van der Waals surface area contributed by atoms with Crippen molar-refractivity contribution in [3.8, 4) is 0 Å². The van der Waals surface area contributed by atoms with Gasteiger partial charge in [0, 0.05) is 40.0 Å². The summed E-state index contributed by atoms with van der Waals surface area (Å²) in [6, 6.07) is 11.2. The zero-order valence-electron chi connectivity index (χ0n) is 25.5. The van der Waals surface area contributed by atoms with Crippen molar-refractivity contribution in [2.45, 2.75) is 126 Å². The number of methoxy groups -OCH3 is 1. The SMILES string of the molecule is CC.CC(=O)C1CCCCCC1.CCCCc1ccccc1.CCc1cn(C(C)C)cc1C.COC.[HH]. The van der Waals surface area contributed by atoms with Gasteiger partial charge in [0.05, 0.1) is 0 Å². The summed E-state index contributed by atoms with van der Waals surface area (Å²) >= 11 is 0. The normalized spacial score (nSPS) is 12.9. The summed E-state index contributed by atoms with van der Waals surface area (Å²) in [6.45, 7) is 16.8. The van der Waals surface area contributed by atoms with E-state index in [-0.39, 0.29) is 1.43 Å². The van der Waals surface area contributed by atoms with Gasteiger partial charge in [0.2, 0.25) is 0 Å². The van der Waals surface area contributed by atoms with Crippen molar-refractivity contribution in [1.29, 1.82) is 0 Å². The maximum Gasteiger partial charge on any atom is 0.132 e. The lowest BCUT2D eigenvalue weighted by molar-refractivity contribution is -0.121. The van der Waals surface area contributed by atoms with Gasteiger partial charge in [-0.05, 0) is 76.5 Å². The predicted octanol–water partition coefficient (Wildman–Crippen LogP) is 10.0. The summed E-state index contributed by atoms with van der Waals surface area (Å²) < 4.78 is 6.52. The zero-order valence-corrected chi connectivity index (χ0v) is 25.5. The molecule has 3 rings (SSSR count). The van der Waals surface area contributed by atoms with Crippen molar-refractivity contribution in [2.75, 3.05) is 14.2 Å². The second kappa shape index (κ2) is 24.8. The molecule has 1 aromatic carbocycles. The first-order chi connectivity index (χ1) is 17.3. The van der Waals surface area contributed by atoms with E-state index in [4.69, 9.17) is 0 Å². The van der Waals surface area contributed by atoms with Gasteiger partial charge in [-0.1, -0.05) is 90.1 Å². The van der Waals surface area contributed by atoms with Gasteiger partial charge < -0.3 is 9.30 Å². The zero-order chi connectivity index (χ0) is 27.8. The van der Waals surface area contributed by atoms with Gasteiger partial charge in [0.15, 0.2) is 0 Å². The molecule has 1 saturated carbocycles. The van der Waals surface area contributed by atoms with E-state index in [1.165, 1.54) is 61.6 Å². The van der Waals surface area contributed by atoms with Crippen LogP contribution in [0, 0.1) is 12.8 Å². The van der Waals surface area contributed by atoms with Gasteiger partial charge >= 0.3 is 0 Å². The highest BCUT2D eigenvalue weighted by Crippen LogP contribution is 2.23. The van der Waals surface area contributed by atoms with Crippen LogP contribution in [0.1, 0.15) is 124 Å². The lowest BCUT2D eigenvalue weighted by Gasteiger charge is -2.07. The number of ether oxygens (including phenoxy) is 1. The van der Waals surface area contributed by atoms with Crippen molar-refractivity contribution in [1.82, 2.24) is 4.57 Å². The van der Waals surface area contributed by atoms with Crippen LogP contribution < -0.4 is 0 Å². The number of aromatic nitrogens is 1. The lowest BCUT2D eigenvalue weighted by Crippen LogP contribution is -2.08. The minimum atomic E-state index is 0. The monoisotopic (exact) mass is 503 g/mol. The molecule has 0 radical (unpaired) electrons. The highest BCUT2D eigenvalue weighted by Gasteiger charge is 2.15. The fourth-order valence-corrected chi connectivity index (χ4v) is 4.01. The minimum Gasteiger partial charge on any atom is -0.388 e. The average molecular weight is 504 g/mol. The number of rotatable bonds is 6. The van der Waals surface area contributed by atoms with E-state index in [1.54, 1.807) is 21.1 Å². The Morgan fingerprint density at radius 3 is 1.89 bits per heavy atom. The van der Waals surface area contributed by atoms with Gasteiger partial charge in [-0.25, -0.2) is 0 Å². The van der Waals surface area contributed by atoms with Gasteiger partial charge in [-0.2, -0.15) is 0 Å². The number of carbonyl (C=O) groups excluding carboxylic acids is 1. The molecule has 0 saturated heterocycles. The molecule has 0 aliphatic heterocycles. The fraction of sp³-hybridized carbons (Fsp3) is 0.667. The molecule has 0 atom stereocenters. The molecule has 0 spiro atoms. The molecule has 1 fully saturated rings. The number of ketones is 1. The molecule has 0 N–H and O–H groups in total. The van der Waals surface area contributed by atoms with Gasteiger partial charge in [-0.15, -0.1) is 0 Å². The number of hydrogen-bond acceptors (Lipinski definition) is 2. The summed E-state index contributed by atoms with van der Waals surface area (Å²) in [5.41, 5.74) is 4.35. The molecule has 210 valence electrons. The third-order valence-corrected chi connectivity index (χ3v) is 6.22. The van der Waals surface area contributed by atoms with Crippen molar-refractivity contribution in [3.63, 3.8) is 0 Å². The van der Waals surface area contributed by atoms with Crippen LogP contribution in [0.15, 0.2) is 42.7 Å². The molecule has 0 amide bonds. The first kappa shape index (κ1) is 36.3. The standard InChI is InChI=1S/C10H17N.C10H14.C9H16O.C2H6O.C2H6.H2/c1-5-10-7-11(8(2)3)6-9(10)4;1-2-3-7-10-8-5-4-6-9-10;1-8(10)9-6-4-2-3-5-7-9;1-3-2;1-2;/h6-8H,5H2,1-4H3;4-6,8-9H,2-3,7H2,1H3;9H,2-7H2,1H3;1-2H3;1-2H3;1H. The summed E-state index contributed by atoms with van der Waals surface area (Å²) in [5, 5.41) is 0. The van der Waals surface area contributed by atoms with Crippen LogP contribution in [0.25, 0.3) is 0 Å². The second-order valence-electron chi connectivity index (χ2n) is 9.66. The van der Waals surface area contributed by atoms with Crippen LogP contribution in [0.3, 0.4) is 0 Å². The number of Topliss-reactive ketones (excluding diaryl/α,β-unsaturated/α-hetero) is 1. The fourth-order valence-electron chi connectivity index (χ4n) is 4.01. The minimum absolute atomic E-state index is 0. The van der Waals surface area contributed by atoms with Crippen LogP contribution in [0.5, 0.6) is 0 Å². The number of carbonyl (C=O) groups is 1. The molecule has 1 heterocycles. The molecule has 1 aliphatic rings. The molecule has 0 unspecified atom stereocenters. The van der Waals surface area contributed by atoms with Crippen molar-refractivity contribution < 1.29 is 11.0 Å². The molecular formula is C33H61NO2. The van der Waals surface area contributed by atoms with Gasteiger partial charge in [0.25, 0.3) is 0 Å². The maximum absolute atomic E-state index is 11.0. The number of hydrogen-bond donors (Lipinski definition) is 0. The Balaban J connectivity index is -0.000000425. The average Bonchev–Trinajstić information content (AvgIpc) is 3.07. The Morgan fingerprint density at radius 2 is 1.53 bits per heavy atom. The van der Waals surface area contributed by atoms with Crippen LogP contribution in [0.4, 0.5) is 0 Å². The number of benzene rings is 1. The number of aryl methyl sites for hydroxylation is 3. The second-order valence-corrected chi connectivity index (χ2v) is 9.66. The third-order valence-electron chi connectivity index (χ3n) is 6.22. The summed E-state index contributed by atoms with van der Waals surface area (Å²) in [6.07, 6.45) is 17.0. The van der Waals surface area contributed by atoms with Crippen LogP contribution in [-0.4, -0.2) is 24.6 Å². The Kier molecular flexibility index (Phi) is 25.0. The van der Waals surface area contributed by atoms with Gasteiger partial charge in [-0.3, -0.25) is 4.79 Å². The predicted molar refractivity (Wildman–Crippen MR) is 162 cm³/mol. The first-order valence-corrected chi connectivity index (χ1v) is 14.4. The molecule has 0 bridgehead atoms. The molecule has 2 aromatic rings. The quantitative estimate of drug-likeness (QED) is 0.367. The molecule has 1 aliphatic carbocycles. The highest BCUT2D eigenvalue weighted by molar-refractivity contribution is 5.78. The Labute approximate surface area is 226 Å². The van der Waals surface area contributed by atoms with E-state index < -0.39 is 0 Å². The van der Waals surface area contributed by atoms with Crippen molar-refractivity contribution >= 4 is 5.78 Å².